The van der Waals surface area contributed by atoms with Gasteiger partial charge in [-0.2, -0.15) is 0 Å². The van der Waals surface area contributed by atoms with Crippen molar-refractivity contribution < 1.29 is 8.83 Å². The van der Waals surface area contributed by atoms with Crippen molar-refractivity contribution in [1.82, 2.24) is 0 Å². The first kappa shape index (κ1) is 31.2. The Kier molecular flexibility index (Phi) is 7.17. The average Bonchev–Trinajstić information content (AvgIpc) is 3.83. The molecule has 0 bridgehead atoms. The first-order chi connectivity index (χ1) is 27.2. The number of para-hydroxylation sites is 2. The summed E-state index contributed by atoms with van der Waals surface area (Å²) in [5, 5.41) is 6.86. The van der Waals surface area contributed by atoms with Crippen molar-refractivity contribution >= 4 is 71.7 Å². The zero-order valence-electron chi connectivity index (χ0n) is 29.8. The van der Waals surface area contributed by atoms with E-state index in [-0.39, 0.29) is 0 Å². The molecule has 0 spiro atoms. The SMILES string of the molecule is c1ccc(-c2ccc(-c3ccc4ccccc4c3)cc2N(c2ccc(-c3ccc4oc5ccccc5c4c3)cc2)c2cccc3oc4ccccc4c23)cc1. The zero-order valence-corrected chi connectivity index (χ0v) is 29.8. The molecule has 2 heterocycles. The third kappa shape index (κ3) is 5.28. The quantitative estimate of drug-likeness (QED) is 0.173. The van der Waals surface area contributed by atoms with Crippen molar-refractivity contribution in [3.05, 3.63) is 200 Å². The minimum atomic E-state index is 0.855. The highest BCUT2D eigenvalue weighted by molar-refractivity contribution is 6.14. The van der Waals surface area contributed by atoms with Gasteiger partial charge in [0, 0.05) is 27.4 Å². The number of hydrogen-bond acceptors (Lipinski definition) is 3. The standard InChI is InChI=1S/C52H33NO2/c1-2-12-36(13-3-1)42-29-25-40(38-22-21-34-11-4-5-14-37(34)31-38)33-47(42)53(46-17-10-20-51-52(46)44-16-7-9-19-49(44)55-51)41-27-23-35(24-28-41)39-26-30-50-45(32-39)43-15-6-8-18-48(43)54-50/h1-33H. The molecule has 0 aliphatic rings. The van der Waals surface area contributed by atoms with E-state index < -0.39 is 0 Å². The molecular formula is C52H33NO2. The van der Waals surface area contributed by atoms with Crippen LogP contribution in [0.2, 0.25) is 0 Å². The summed E-state index contributed by atoms with van der Waals surface area (Å²) in [6.45, 7) is 0. The number of nitrogens with zero attached hydrogens (tertiary/aromatic N) is 1. The van der Waals surface area contributed by atoms with Crippen LogP contribution in [-0.2, 0) is 0 Å². The Morgan fingerprint density at radius 3 is 1.76 bits per heavy atom. The van der Waals surface area contributed by atoms with Gasteiger partial charge in [-0.15, -0.1) is 0 Å². The predicted octanol–water partition coefficient (Wildman–Crippen LogP) is 15.1. The average molecular weight is 704 g/mol. The second-order valence-corrected chi connectivity index (χ2v) is 14.1. The lowest BCUT2D eigenvalue weighted by atomic mass is 9.95. The maximum absolute atomic E-state index is 6.47. The Labute approximate surface area is 317 Å². The molecule has 0 atom stereocenters. The highest BCUT2D eigenvalue weighted by Gasteiger charge is 2.23. The molecule has 0 saturated carbocycles. The Bertz CT molecular complexity index is 3210. The summed E-state index contributed by atoms with van der Waals surface area (Å²) < 4.78 is 12.6. The van der Waals surface area contributed by atoms with Crippen molar-refractivity contribution in [3.63, 3.8) is 0 Å². The molecule has 0 unspecified atom stereocenters. The van der Waals surface area contributed by atoms with Gasteiger partial charge in [0.1, 0.15) is 22.3 Å². The van der Waals surface area contributed by atoms with E-state index in [1.54, 1.807) is 0 Å². The monoisotopic (exact) mass is 703 g/mol. The first-order valence-electron chi connectivity index (χ1n) is 18.7. The molecule has 55 heavy (non-hydrogen) atoms. The third-order valence-electron chi connectivity index (χ3n) is 10.9. The molecule has 0 fully saturated rings. The van der Waals surface area contributed by atoms with Crippen LogP contribution in [0, 0.1) is 0 Å². The molecule has 258 valence electrons. The van der Waals surface area contributed by atoms with Crippen molar-refractivity contribution in [1.29, 1.82) is 0 Å². The molecule has 9 aromatic carbocycles. The van der Waals surface area contributed by atoms with Crippen molar-refractivity contribution in [3.8, 4) is 33.4 Å². The predicted molar refractivity (Wildman–Crippen MR) is 229 cm³/mol. The topological polar surface area (TPSA) is 29.5 Å². The second-order valence-electron chi connectivity index (χ2n) is 14.1. The molecule has 3 heteroatoms. The summed E-state index contributed by atoms with van der Waals surface area (Å²) in [6.07, 6.45) is 0. The summed E-state index contributed by atoms with van der Waals surface area (Å²) in [6, 6.07) is 71.2. The minimum Gasteiger partial charge on any atom is -0.456 e. The van der Waals surface area contributed by atoms with E-state index in [9.17, 15) is 0 Å². The van der Waals surface area contributed by atoms with Gasteiger partial charge in [-0.25, -0.2) is 0 Å². The summed E-state index contributed by atoms with van der Waals surface area (Å²) in [5.41, 5.74) is 13.6. The molecule has 2 aromatic heterocycles. The number of rotatable bonds is 6. The van der Waals surface area contributed by atoms with Crippen LogP contribution < -0.4 is 4.90 Å². The lowest BCUT2D eigenvalue weighted by Crippen LogP contribution is -2.12. The molecule has 3 nitrogen and oxygen atoms in total. The number of furan rings is 2. The van der Waals surface area contributed by atoms with Crippen LogP contribution in [0.15, 0.2) is 209 Å². The molecule has 0 radical (unpaired) electrons. The van der Waals surface area contributed by atoms with Gasteiger partial charge in [-0.1, -0.05) is 140 Å². The lowest BCUT2D eigenvalue weighted by molar-refractivity contribution is 0.668. The molecule has 0 saturated heterocycles. The van der Waals surface area contributed by atoms with Crippen molar-refractivity contribution in [2.75, 3.05) is 4.90 Å². The summed E-state index contributed by atoms with van der Waals surface area (Å²) in [7, 11) is 0. The van der Waals surface area contributed by atoms with E-state index >= 15 is 0 Å². The Balaban J connectivity index is 1.14. The van der Waals surface area contributed by atoms with Gasteiger partial charge in [0.2, 0.25) is 0 Å². The molecular weight excluding hydrogens is 671 g/mol. The van der Waals surface area contributed by atoms with E-state index in [2.05, 4.69) is 181 Å². The van der Waals surface area contributed by atoms with Crippen molar-refractivity contribution in [2.45, 2.75) is 0 Å². The van der Waals surface area contributed by atoms with E-state index in [0.717, 1.165) is 88.8 Å². The van der Waals surface area contributed by atoms with Gasteiger partial charge in [-0.3, -0.25) is 0 Å². The largest absolute Gasteiger partial charge is 0.456 e. The highest BCUT2D eigenvalue weighted by Crippen LogP contribution is 2.47. The van der Waals surface area contributed by atoms with Crippen LogP contribution in [0.5, 0.6) is 0 Å². The van der Waals surface area contributed by atoms with Crippen LogP contribution in [0.3, 0.4) is 0 Å². The fourth-order valence-electron chi connectivity index (χ4n) is 8.19. The Morgan fingerprint density at radius 2 is 0.909 bits per heavy atom. The van der Waals surface area contributed by atoms with Crippen LogP contribution >= 0.6 is 0 Å². The fraction of sp³-hybridized carbons (Fsp3) is 0. The van der Waals surface area contributed by atoms with E-state index in [0.29, 0.717) is 0 Å². The van der Waals surface area contributed by atoms with Crippen LogP contribution in [0.4, 0.5) is 17.1 Å². The maximum atomic E-state index is 6.47. The Hall–Kier alpha value is -7.36. The Morgan fingerprint density at radius 1 is 0.309 bits per heavy atom. The van der Waals surface area contributed by atoms with Gasteiger partial charge < -0.3 is 13.7 Å². The molecule has 11 rings (SSSR count). The maximum Gasteiger partial charge on any atom is 0.137 e. The van der Waals surface area contributed by atoms with E-state index in [1.807, 2.05) is 24.3 Å². The van der Waals surface area contributed by atoms with Crippen LogP contribution in [0.1, 0.15) is 0 Å². The van der Waals surface area contributed by atoms with E-state index in [1.165, 1.54) is 16.3 Å². The summed E-state index contributed by atoms with van der Waals surface area (Å²) >= 11 is 0. The normalized spacial score (nSPS) is 11.6. The van der Waals surface area contributed by atoms with E-state index in [4.69, 9.17) is 8.83 Å². The van der Waals surface area contributed by atoms with Gasteiger partial charge in [-0.05, 0) is 99.3 Å². The van der Waals surface area contributed by atoms with Gasteiger partial charge in [0.15, 0.2) is 0 Å². The molecule has 0 aliphatic heterocycles. The van der Waals surface area contributed by atoms with Gasteiger partial charge >= 0.3 is 0 Å². The second kappa shape index (κ2) is 12.6. The van der Waals surface area contributed by atoms with Gasteiger partial charge in [0.05, 0.1) is 16.8 Å². The number of anilines is 3. The summed E-state index contributed by atoms with van der Waals surface area (Å²) in [5.74, 6) is 0. The molecule has 0 N–H and O–H groups in total. The highest BCUT2D eigenvalue weighted by atomic mass is 16.3. The minimum absolute atomic E-state index is 0.855. The number of fused-ring (bicyclic) bond motifs is 7. The van der Waals surface area contributed by atoms with Crippen LogP contribution in [0.25, 0.3) is 88.0 Å². The van der Waals surface area contributed by atoms with Gasteiger partial charge in [0.25, 0.3) is 0 Å². The molecule has 0 amide bonds. The number of hydrogen-bond donors (Lipinski definition) is 0. The lowest BCUT2D eigenvalue weighted by Gasteiger charge is -2.29. The molecule has 0 aliphatic carbocycles. The number of benzene rings is 9. The fourth-order valence-corrected chi connectivity index (χ4v) is 8.19. The zero-order chi connectivity index (χ0) is 36.3. The van der Waals surface area contributed by atoms with Crippen molar-refractivity contribution in [2.24, 2.45) is 0 Å². The first-order valence-corrected chi connectivity index (χ1v) is 18.7. The summed E-state index contributed by atoms with van der Waals surface area (Å²) in [4.78, 5) is 2.41. The third-order valence-corrected chi connectivity index (χ3v) is 10.9. The van der Waals surface area contributed by atoms with Crippen LogP contribution in [-0.4, -0.2) is 0 Å². The smallest absolute Gasteiger partial charge is 0.137 e. The molecule has 11 aromatic rings.